The average Bonchev–Trinajstić information content (AvgIpc) is 3.03. The molecule has 0 saturated heterocycles. The molecule has 0 heterocycles. The number of benzene rings is 3. The van der Waals surface area contributed by atoms with Crippen LogP contribution in [0.1, 0.15) is 16.7 Å². The number of hydrogen-bond acceptors (Lipinski definition) is 2. The second-order valence-corrected chi connectivity index (χ2v) is 6.11. The summed E-state index contributed by atoms with van der Waals surface area (Å²) in [6.45, 7) is 7.41. The molecule has 3 aromatic rings. The molecular weight excluding hydrogens is 320 g/mol. The van der Waals surface area contributed by atoms with E-state index in [1.54, 1.807) is 0 Å². The Morgan fingerprint density at radius 2 is 1.54 bits per heavy atom. The number of hydrogen-bond donors (Lipinski definition) is 1. The second kappa shape index (κ2) is 6.33. The lowest BCUT2D eigenvalue weighted by Gasteiger charge is -2.08. The molecule has 0 saturated carbocycles. The molecule has 4 rings (SSSR count). The van der Waals surface area contributed by atoms with E-state index in [1.165, 1.54) is 0 Å². The normalized spacial score (nSPS) is 13.3. The van der Waals surface area contributed by atoms with Crippen molar-refractivity contribution in [2.24, 2.45) is 0 Å². The number of nitrogens with zero attached hydrogens (tertiary/aromatic N) is 2. The van der Waals surface area contributed by atoms with Crippen molar-refractivity contribution in [2.45, 2.75) is 6.61 Å². The zero-order valence-corrected chi connectivity index (χ0v) is 13.9. The third-order valence-corrected chi connectivity index (χ3v) is 4.70. The van der Waals surface area contributed by atoms with Crippen LogP contribution < -0.4 is 0 Å². The predicted octanol–water partition coefficient (Wildman–Crippen LogP) is 5.03. The minimum atomic E-state index is 0.0171. The Morgan fingerprint density at radius 3 is 2.19 bits per heavy atom. The number of nitriles is 1. The minimum Gasteiger partial charge on any atom is -0.392 e. The molecule has 122 valence electrons. The van der Waals surface area contributed by atoms with E-state index in [0.717, 1.165) is 38.9 Å². The van der Waals surface area contributed by atoms with Crippen LogP contribution in [0.2, 0.25) is 0 Å². The maximum atomic E-state index is 9.44. The molecule has 1 N–H and O–H groups in total. The summed E-state index contributed by atoms with van der Waals surface area (Å²) in [7, 11) is 0. The topological polar surface area (TPSA) is 48.4 Å². The van der Waals surface area contributed by atoms with Crippen molar-refractivity contribution in [3.8, 4) is 28.3 Å². The van der Waals surface area contributed by atoms with Crippen LogP contribution in [0.3, 0.4) is 0 Å². The highest BCUT2D eigenvalue weighted by Crippen LogP contribution is 2.46. The molecule has 3 nitrogen and oxygen atoms in total. The summed E-state index contributed by atoms with van der Waals surface area (Å²) in [5, 5.41) is 18.6. The number of fused-ring (bicyclic) bond motifs is 3. The lowest BCUT2D eigenvalue weighted by atomic mass is 9.96. The fourth-order valence-corrected chi connectivity index (χ4v) is 3.44. The lowest BCUT2D eigenvalue weighted by molar-refractivity contribution is 0.282. The van der Waals surface area contributed by atoms with Crippen molar-refractivity contribution in [1.29, 1.82) is 5.26 Å². The van der Waals surface area contributed by atoms with E-state index in [2.05, 4.69) is 17.0 Å². The van der Waals surface area contributed by atoms with E-state index in [9.17, 15) is 10.4 Å². The summed E-state index contributed by atoms with van der Waals surface area (Å²) in [5.41, 5.74) is 7.68. The van der Waals surface area contributed by atoms with Gasteiger partial charge in [0.1, 0.15) is 0 Å². The Morgan fingerprint density at radius 1 is 0.885 bits per heavy atom. The van der Waals surface area contributed by atoms with Gasteiger partial charge in [-0.05, 0) is 45.0 Å². The van der Waals surface area contributed by atoms with Gasteiger partial charge in [-0.25, -0.2) is 10.1 Å². The monoisotopic (exact) mass is 334 g/mol. The quantitative estimate of drug-likeness (QED) is 0.413. The van der Waals surface area contributed by atoms with Crippen molar-refractivity contribution in [3.05, 3.63) is 101 Å². The van der Waals surface area contributed by atoms with E-state index in [1.807, 2.05) is 60.7 Å². The molecule has 0 spiro atoms. The van der Waals surface area contributed by atoms with Gasteiger partial charge in [-0.1, -0.05) is 60.7 Å². The summed E-state index contributed by atoms with van der Waals surface area (Å²) >= 11 is 0. The minimum absolute atomic E-state index is 0.0171. The molecule has 0 fully saturated rings. The average molecular weight is 334 g/mol. The summed E-state index contributed by atoms with van der Waals surface area (Å²) in [4.78, 5) is 3.45. The molecule has 1 aliphatic rings. The molecular formula is C23H14N2O. The highest BCUT2D eigenvalue weighted by Gasteiger charge is 2.26. The molecule has 0 unspecified atom stereocenters. The summed E-state index contributed by atoms with van der Waals surface area (Å²) in [5.74, 6) is 0. The fraction of sp³-hybridized carbons (Fsp3) is 0.0435. The van der Waals surface area contributed by atoms with Crippen molar-refractivity contribution >= 4 is 5.57 Å². The van der Waals surface area contributed by atoms with E-state index < -0.39 is 0 Å². The van der Waals surface area contributed by atoms with Gasteiger partial charge in [0.05, 0.1) is 19.2 Å². The number of aliphatic hydroxyl groups excluding tert-OH is 1. The van der Waals surface area contributed by atoms with Crippen LogP contribution in [-0.2, 0) is 6.61 Å². The van der Waals surface area contributed by atoms with Crippen LogP contribution in [0.5, 0.6) is 0 Å². The summed E-state index contributed by atoms with van der Waals surface area (Å²) < 4.78 is 0. The van der Waals surface area contributed by atoms with Crippen LogP contribution >= 0.6 is 0 Å². The molecule has 0 atom stereocenters. The molecule has 0 radical (unpaired) electrons. The maximum absolute atomic E-state index is 9.44. The lowest BCUT2D eigenvalue weighted by Crippen LogP contribution is -1.88. The van der Waals surface area contributed by atoms with Gasteiger partial charge in [0, 0.05) is 5.57 Å². The highest BCUT2D eigenvalue weighted by molar-refractivity contribution is 6.04. The van der Waals surface area contributed by atoms with Crippen molar-refractivity contribution < 1.29 is 5.11 Å². The van der Waals surface area contributed by atoms with E-state index in [4.69, 9.17) is 6.57 Å². The SMILES string of the molecule is [C-]#[N+]/C(C#N)=C1/c2ccccc2-c2ccc(-c3ccc(CO)cc3)cc21. The van der Waals surface area contributed by atoms with Gasteiger partial charge in [0.25, 0.3) is 5.70 Å². The van der Waals surface area contributed by atoms with Gasteiger partial charge in [-0.15, -0.1) is 0 Å². The zero-order chi connectivity index (χ0) is 18.1. The Hall–Kier alpha value is -3.66. The molecule has 0 aliphatic heterocycles. The third-order valence-electron chi connectivity index (χ3n) is 4.70. The van der Waals surface area contributed by atoms with Crippen LogP contribution in [-0.4, -0.2) is 5.11 Å². The van der Waals surface area contributed by atoms with Gasteiger partial charge in [-0.3, -0.25) is 0 Å². The van der Waals surface area contributed by atoms with Crippen LogP contribution in [0, 0.1) is 17.9 Å². The van der Waals surface area contributed by atoms with Crippen molar-refractivity contribution in [3.63, 3.8) is 0 Å². The zero-order valence-electron chi connectivity index (χ0n) is 13.9. The van der Waals surface area contributed by atoms with E-state index >= 15 is 0 Å². The summed E-state index contributed by atoms with van der Waals surface area (Å²) in [6, 6.07) is 23.8. The summed E-state index contributed by atoms with van der Waals surface area (Å²) in [6.07, 6.45) is 0. The molecule has 0 amide bonds. The third kappa shape index (κ3) is 2.40. The van der Waals surface area contributed by atoms with Gasteiger partial charge >= 0.3 is 0 Å². The van der Waals surface area contributed by atoms with Gasteiger partial charge < -0.3 is 5.11 Å². The fourth-order valence-electron chi connectivity index (χ4n) is 3.44. The maximum Gasteiger partial charge on any atom is 0.270 e. The molecule has 1 aliphatic carbocycles. The first-order valence-electron chi connectivity index (χ1n) is 8.23. The predicted molar refractivity (Wildman–Crippen MR) is 101 cm³/mol. The molecule has 0 bridgehead atoms. The van der Waals surface area contributed by atoms with Crippen molar-refractivity contribution in [1.82, 2.24) is 0 Å². The van der Waals surface area contributed by atoms with Gasteiger partial charge in [0.15, 0.2) is 0 Å². The Balaban J connectivity index is 1.94. The van der Waals surface area contributed by atoms with Crippen LogP contribution in [0.25, 0.3) is 32.7 Å². The first-order chi connectivity index (χ1) is 12.8. The standard InChI is InChI=1S/C23H14N2O/c1-25-22(13-24)23-20-5-3-2-4-18(20)19-11-10-17(12-21(19)23)16-8-6-15(14-26)7-9-16/h2-12,26H,14H2/b23-22-. The largest absolute Gasteiger partial charge is 0.392 e. The second-order valence-electron chi connectivity index (χ2n) is 6.11. The first kappa shape index (κ1) is 15.8. The first-order valence-corrected chi connectivity index (χ1v) is 8.23. The van der Waals surface area contributed by atoms with Crippen LogP contribution in [0.4, 0.5) is 0 Å². The smallest absolute Gasteiger partial charge is 0.270 e. The molecule has 26 heavy (non-hydrogen) atoms. The van der Waals surface area contributed by atoms with E-state index in [-0.39, 0.29) is 12.3 Å². The Labute approximate surface area is 151 Å². The van der Waals surface area contributed by atoms with Crippen LogP contribution in [0.15, 0.2) is 72.4 Å². The number of aliphatic hydroxyl groups is 1. The van der Waals surface area contributed by atoms with E-state index in [0.29, 0.717) is 5.57 Å². The highest BCUT2D eigenvalue weighted by atomic mass is 16.3. The van der Waals surface area contributed by atoms with Crippen molar-refractivity contribution in [2.75, 3.05) is 0 Å². The number of rotatable bonds is 2. The Bertz CT molecular complexity index is 1110. The molecule has 3 aromatic carbocycles. The molecule has 3 heteroatoms. The Kier molecular flexibility index (Phi) is 3.86. The molecule has 0 aromatic heterocycles. The number of allylic oxidation sites excluding steroid dienone is 1. The van der Waals surface area contributed by atoms with Gasteiger partial charge in [0.2, 0.25) is 0 Å². The van der Waals surface area contributed by atoms with Gasteiger partial charge in [-0.2, -0.15) is 0 Å².